The first kappa shape index (κ1) is 18.3. The topological polar surface area (TPSA) is 90.6 Å². The van der Waals surface area contributed by atoms with Gasteiger partial charge in [-0.2, -0.15) is 0 Å². The fourth-order valence-electron chi connectivity index (χ4n) is 1.79. The number of carbonyl (C=O) groups is 2. The maximum Gasteiger partial charge on any atom is 0.407 e. The number of halogens is 1. The second-order valence-corrected chi connectivity index (χ2v) is 6.54. The minimum atomic E-state index is -0.543. The number of methoxy groups -OCH3 is 1. The second-order valence-electron chi connectivity index (χ2n) is 5.69. The number of carbonyl (C=O) groups excluding carboxylic acids is 2. The van der Waals surface area contributed by atoms with Crippen LogP contribution >= 0.6 is 15.9 Å². The number of hydrogen-bond acceptors (Lipinski definition) is 4. The molecule has 7 heteroatoms. The van der Waals surface area contributed by atoms with Gasteiger partial charge in [-0.15, -0.1) is 0 Å². The molecule has 0 saturated carbocycles. The molecule has 0 aliphatic rings. The van der Waals surface area contributed by atoms with Crippen molar-refractivity contribution in [2.75, 3.05) is 13.7 Å². The molecule has 1 aromatic rings. The number of benzene rings is 1. The third-order valence-corrected chi connectivity index (χ3v) is 3.35. The molecule has 22 heavy (non-hydrogen) atoms. The van der Waals surface area contributed by atoms with E-state index in [-0.39, 0.29) is 0 Å². The summed E-state index contributed by atoms with van der Waals surface area (Å²) in [4.78, 5) is 23.0. The third-order valence-electron chi connectivity index (χ3n) is 2.70. The Labute approximate surface area is 138 Å². The van der Waals surface area contributed by atoms with Crippen molar-refractivity contribution in [1.82, 2.24) is 5.32 Å². The fourth-order valence-corrected chi connectivity index (χ4v) is 2.31. The highest BCUT2D eigenvalue weighted by atomic mass is 79.9. The molecule has 0 aromatic heterocycles. The van der Waals surface area contributed by atoms with Crippen molar-refractivity contribution in [2.24, 2.45) is 5.73 Å². The van der Waals surface area contributed by atoms with Crippen LogP contribution in [0.1, 0.15) is 36.7 Å². The molecule has 6 nitrogen and oxygen atoms in total. The molecule has 3 N–H and O–H groups in total. The SMILES string of the molecule is COc1cc(Br)c(C(N)=O)cc1CCNC(=O)OC(C)(C)C. The number of nitrogens with one attached hydrogen (secondary N) is 1. The highest BCUT2D eigenvalue weighted by molar-refractivity contribution is 9.10. The summed E-state index contributed by atoms with van der Waals surface area (Å²) in [6, 6.07) is 3.34. The van der Waals surface area contributed by atoms with Crippen LogP contribution in [0.5, 0.6) is 5.75 Å². The van der Waals surface area contributed by atoms with E-state index in [0.717, 1.165) is 5.56 Å². The lowest BCUT2D eigenvalue weighted by atomic mass is 10.1. The molecule has 1 aromatic carbocycles. The molecule has 0 bridgehead atoms. The maximum atomic E-state index is 11.6. The van der Waals surface area contributed by atoms with Gasteiger partial charge in [0.15, 0.2) is 0 Å². The lowest BCUT2D eigenvalue weighted by Gasteiger charge is -2.19. The molecule has 2 amide bonds. The monoisotopic (exact) mass is 372 g/mol. The van der Waals surface area contributed by atoms with Gasteiger partial charge in [-0.1, -0.05) is 0 Å². The molecule has 122 valence electrons. The summed E-state index contributed by atoms with van der Waals surface area (Å²) >= 11 is 3.28. The Morgan fingerprint density at radius 3 is 2.45 bits per heavy atom. The predicted molar refractivity (Wildman–Crippen MR) is 87.2 cm³/mol. The molecule has 1 rings (SSSR count). The third kappa shape index (κ3) is 5.55. The van der Waals surface area contributed by atoms with Gasteiger partial charge >= 0.3 is 6.09 Å². The van der Waals surface area contributed by atoms with Crippen molar-refractivity contribution in [2.45, 2.75) is 32.8 Å². The lowest BCUT2D eigenvalue weighted by Crippen LogP contribution is -2.33. The zero-order valence-electron chi connectivity index (χ0n) is 13.2. The standard InChI is InChI=1S/C15H21BrN2O4/c1-15(2,3)22-14(20)18-6-5-9-7-10(13(17)19)11(16)8-12(9)21-4/h7-8H,5-6H2,1-4H3,(H2,17,19)(H,18,20). The predicted octanol–water partition coefficient (Wildman–Crippen LogP) is 2.62. The Balaban J connectivity index is 2.75. The molecule has 0 fully saturated rings. The van der Waals surface area contributed by atoms with Crippen LogP contribution in [0.4, 0.5) is 4.79 Å². The molecule has 0 atom stereocenters. The summed E-state index contributed by atoms with van der Waals surface area (Å²) in [5.74, 6) is 0.0822. The first-order valence-electron chi connectivity index (χ1n) is 6.77. The van der Waals surface area contributed by atoms with E-state index in [1.807, 2.05) is 0 Å². The van der Waals surface area contributed by atoms with Gasteiger partial charge in [-0.05, 0) is 60.8 Å². The highest BCUT2D eigenvalue weighted by Gasteiger charge is 2.16. The first-order valence-corrected chi connectivity index (χ1v) is 7.56. The number of hydrogen-bond donors (Lipinski definition) is 2. The molecule has 0 unspecified atom stereocenters. The molecule has 0 aliphatic heterocycles. The summed E-state index contributed by atoms with van der Waals surface area (Å²) in [6.07, 6.45) is -0.00519. The minimum absolute atomic E-state index is 0.352. The van der Waals surface area contributed by atoms with Crippen LogP contribution in [0.25, 0.3) is 0 Å². The van der Waals surface area contributed by atoms with E-state index in [4.69, 9.17) is 15.2 Å². The van der Waals surface area contributed by atoms with E-state index >= 15 is 0 Å². The van der Waals surface area contributed by atoms with Crippen molar-refractivity contribution in [3.05, 3.63) is 27.7 Å². The van der Waals surface area contributed by atoms with Crippen LogP contribution in [-0.4, -0.2) is 31.3 Å². The highest BCUT2D eigenvalue weighted by Crippen LogP contribution is 2.27. The van der Waals surface area contributed by atoms with Gasteiger partial charge in [-0.25, -0.2) is 4.79 Å². The zero-order chi connectivity index (χ0) is 16.9. The zero-order valence-corrected chi connectivity index (χ0v) is 14.7. The average molecular weight is 373 g/mol. The van der Waals surface area contributed by atoms with Gasteiger partial charge in [-0.3, -0.25) is 4.79 Å². The van der Waals surface area contributed by atoms with Crippen molar-refractivity contribution >= 4 is 27.9 Å². The first-order chi connectivity index (χ1) is 10.1. The molecule has 0 heterocycles. The number of primary amides is 1. The lowest BCUT2D eigenvalue weighted by molar-refractivity contribution is 0.0528. The molecular formula is C15H21BrN2O4. The summed E-state index contributed by atoms with van der Waals surface area (Å²) in [5, 5.41) is 2.66. The van der Waals surface area contributed by atoms with Gasteiger partial charge in [0.25, 0.3) is 0 Å². The molecule has 0 spiro atoms. The van der Waals surface area contributed by atoms with Crippen LogP contribution in [0.2, 0.25) is 0 Å². The molecule has 0 saturated heterocycles. The summed E-state index contributed by atoms with van der Waals surface area (Å²) in [6.45, 7) is 5.74. The summed E-state index contributed by atoms with van der Waals surface area (Å²) in [7, 11) is 1.54. The van der Waals surface area contributed by atoms with Crippen molar-refractivity contribution in [3.63, 3.8) is 0 Å². The van der Waals surface area contributed by atoms with E-state index in [0.29, 0.717) is 28.8 Å². The molecular weight excluding hydrogens is 352 g/mol. The average Bonchev–Trinajstić information content (AvgIpc) is 2.37. The Morgan fingerprint density at radius 1 is 1.32 bits per heavy atom. The Bertz CT molecular complexity index is 567. The van der Waals surface area contributed by atoms with Crippen molar-refractivity contribution < 1.29 is 19.1 Å². The number of alkyl carbamates (subject to hydrolysis) is 1. The number of ether oxygens (including phenoxy) is 2. The van der Waals surface area contributed by atoms with Crippen molar-refractivity contribution in [3.8, 4) is 5.75 Å². The van der Waals surface area contributed by atoms with Crippen LogP contribution in [0, 0.1) is 0 Å². The number of amides is 2. The van der Waals surface area contributed by atoms with Crippen LogP contribution in [-0.2, 0) is 11.2 Å². The number of nitrogens with two attached hydrogens (primary N) is 1. The van der Waals surface area contributed by atoms with E-state index < -0.39 is 17.6 Å². The smallest absolute Gasteiger partial charge is 0.407 e. The Kier molecular flexibility index (Phi) is 6.22. The van der Waals surface area contributed by atoms with E-state index in [1.54, 1.807) is 32.9 Å². The van der Waals surface area contributed by atoms with Gasteiger partial charge in [0.2, 0.25) is 5.91 Å². The second kappa shape index (κ2) is 7.49. The van der Waals surface area contributed by atoms with E-state index in [1.165, 1.54) is 7.11 Å². The Morgan fingerprint density at radius 2 is 1.95 bits per heavy atom. The molecule has 0 aliphatic carbocycles. The molecule has 0 radical (unpaired) electrons. The quantitative estimate of drug-likeness (QED) is 0.830. The largest absolute Gasteiger partial charge is 0.496 e. The van der Waals surface area contributed by atoms with Crippen molar-refractivity contribution in [1.29, 1.82) is 0 Å². The van der Waals surface area contributed by atoms with E-state index in [2.05, 4.69) is 21.2 Å². The maximum absolute atomic E-state index is 11.6. The summed E-state index contributed by atoms with van der Waals surface area (Å²) in [5.41, 5.74) is 5.92. The van der Waals surface area contributed by atoms with Gasteiger partial charge in [0, 0.05) is 11.0 Å². The normalized spacial score (nSPS) is 11.0. The summed E-state index contributed by atoms with van der Waals surface area (Å²) < 4.78 is 11.0. The van der Waals surface area contributed by atoms with E-state index in [9.17, 15) is 9.59 Å². The van der Waals surface area contributed by atoms with Gasteiger partial charge in [0.05, 0.1) is 12.7 Å². The van der Waals surface area contributed by atoms with Gasteiger partial charge in [0.1, 0.15) is 11.4 Å². The minimum Gasteiger partial charge on any atom is -0.496 e. The van der Waals surface area contributed by atoms with Crippen LogP contribution < -0.4 is 15.8 Å². The Hall–Kier alpha value is -1.76. The fraction of sp³-hybridized carbons (Fsp3) is 0.467. The van der Waals surface area contributed by atoms with Crippen LogP contribution in [0.15, 0.2) is 16.6 Å². The van der Waals surface area contributed by atoms with Gasteiger partial charge < -0.3 is 20.5 Å². The van der Waals surface area contributed by atoms with Crippen LogP contribution in [0.3, 0.4) is 0 Å². The number of rotatable bonds is 5.